The average molecular weight is 511 g/mol. The second kappa shape index (κ2) is 10.6. The largest absolute Gasteiger partial charge is 0.496 e. The fourth-order valence-corrected chi connectivity index (χ4v) is 5.03. The minimum Gasteiger partial charge on any atom is -0.496 e. The molecule has 0 amide bonds. The molecule has 0 aliphatic heterocycles. The molecule has 0 bridgehead atoms. The lowest BCUT2D eigenvalue weighted by Gasteiger charge is -2.27. The number of carbonyl (C=O) groups is 1. The molecule has 37 heavy (non-hydrogen) atoms. The van der Waals surface area contributed by atoms with E-state index in [9.17, 15) is 15.0 Å². The molecule has 2 aliphatic carbocycles. The third kappa shape index (κ3) is 5.38. The molecule has 9 heteroatoms. The lowest BCUT2D eigenvalue weighted by Crippen LogP contribution is -2.29. The van der Waals surface area contributed by atoms with E-state index in [2.05, 4.69) is 5.10 Å². The topological polar surface area (TPSA) is 112 Å². The van der Waals surface area contributed by atoms with Crippen molar-refractivity contribution in [1.29, 1.82) is 0 Å². The highest BCUT2D eigenvalue weighted by molar-refractivity contribution is 5.87. The van der Waals surface area contributed by atoms with Gasteiger partial charge in [-0.2, -0.15) is 5.10 Å². The van der Waals surface area contributed by atoms with Crippen molar-refractivity contribution in [2.24, 2.45) is 0 Å². The quantitative estimate of drug-likeness (QED) is 0.388. The van der Waals surface area contributed by atoms with E-state index >= 15 is 0 Å². The van der Waals surface area contributed by atoms with E-state index in [4.69, 9.17) is 18.9 Å². The van der Waals surface area contributed by atoms with Gasteiger partial charge in [-0.05, 0) is 68.5 Å². The number of pyridine rings is 1. The van der Waals surface area contributed by atoms with Crippen LogP contribution in [-0.2, 0) is 11.2 Å². The Morgan fingerprint density at radius 3 is 2.30 bits per heavy atom. The van der Waals surface area contributed by atoms with Gasteiger partial charge in [0.1, 0.15) is 28.9 Å². The summed E-state index contributed by atoms with van der Waals surface area (Å²) in [7, 11) is 3.17. The van der Waals surface area contributed by atoms with Gasteiger partial charge in [-0.1, -0.05) is 12.8 Å². The maximum Gasteiger partial charge on any atom is 0.354 e. The average Bonchev–Trinajstić information content (AvgIpc) is 3.36. The van der Waals surface area contributed by atoms with Crippen LogP contribution in [0.15, 0.2) is 30.3 Å². The summed E-state index contributed by atoms with van der Waals surface area (Å²) in [6, 6.07) is 8.64. The second-order valence-corrected chi connectivity index (χ2v) is 9.92. The van der Waals surface area contributed by atoms with Gasteiger partial charge >= 0.3 is 5.97 Å². The number of nitrogens with zero attached hydrogens (tertiary/aromatic N) is 2. The zero-order chi connectivity index (χ0) is 26.1. The number of rotatable bonds is 11. The van der Waals surface area contributed by atoms with Crippen LogP contribution in [0.5, 0.6) is 17.2 Å². The summed E-state index contributed by atoms with van der Waals surface area (Å²) >= 11 is 0. The van der Waals surface area contributed by atoms with Crippen molar-refractivity contribution in [2.75, 3.05) is 14.2 Å². The summed E-state index contributed by atoms with van der Waals surface area (Å²) in [5.74, 6) is 0.769. The summed E-state index contributed by atoms with van der Waals surface area (Å²) in [5.41, 5.74) is 2.72. The molecule has 2 aromatic heterocycles. The molecule has 5 rings (SSSR count). The molecule has 2 aliphatic rings. The minimum atomic E-state index is -1.07. The van der Waals surface area contributed by atoms with Crippen LogP contribution < -0.4 is 14.2 Å². The molecule has 2 saturated carbocycles. The molecule has 0 unspecified atom stereocenters. The number of ether oxygens (including phenoxy) is 4. The standard InChI is InChI=1S/C28H34N2O7/c1-16-24(34-2)12-17(13-25(16)35-3)27(31)26(37-19-6-4-5-7-19)15-18-14-22-23(36-20-8-9-20)11-10-21(28(32)33)30(22)29-18/h10-14,19-20,26-27,31H,4-9,15H2,1-3H3,(H,32,33)/t26-,27+/m0/s1. The molecule has 2 atom stereocenters. The number of carboxylic acid groups (broad SMARTS) is 1. The van der Waals surface area contributed by atoms with Gasteiger partial charge in [0.25, 0.3) is 0 Å². The van der Waals surface area contributed by atoms with Crippen LogP contribution in [0.3, 0.4) is 0 Å². The molecular formula is C28H34N2O7. The van der Waals surface area contributed by atoms with Gasteiger partial charge in [0.2, 0.25) is 0 Å². The Kier molecular flexibility index (Phi) is 7.26. The van der Waals surface area contributed by atoms with Crippen LogP contribution in [0, 0.1) is 6.92 Å². The Morgan fingerprint density at radius 1 is 1.03 bits per heavy atom. The van der Waals surface area contributed by atoms with Crippen molar-refractivity contribution < 1.29 is 34.0 Å². The predicted molar refractivity (Wildman–Crippen MR) is 136 cm³/mol. The first-order chi connectivity index (χ1) is 17.9. The molecule has 1 aromatic carbocycles. The fraction of sp³-hybridized carbons (Fsp3) is 0.500. The summed E-state index contributed by atoms with van der Waals surface area (Å²) < 4.78 is 24.9. The Labute approximate surface area is 215 Å². The summed E-state index contributed by atoms with van der Waals surface area (Å²) in [6.07, 6.45) is 4.96. The van der Waals surface area contributed by atoms with E-state index in [0.29, 0.717) is 40.4 Å². The molecule has 198 valence electrons. The van der Waals surface area contributed by atoms with Gasteiger partial charge in [-0.3, -0.25) is 0 Å². The van der Waals surface area contributed by atoms with Crippen molar-refractivity contribution in [3.05, 3.63) is 52.8 Å². The number of hydrogen-bond donors (Lipinski definition) is 2. The van der Waals surface area contributed by atoms with E-state index in [1.54, 1.807) is 32.4 Å². The summed E-state index contributed by atoms with van der Waals surface area (Å²) in [4.78, 5) is 11.9. The van der Waals surface area contributed by atoms with Crippen LogP contribution in [-0.4, -0.2) is 58.3 Å². The van der Waals surface area contributed by atoms with Crippen LogP contribution in [0.2, 0.25) is 0 Å². The lowest BCUT2D eigenvalue weighted by atomic mass is 9.98. The third-order valence-electron chi connectivity index (χ3n) is 7.22. The van der Waals surface area contributed by atoms with Gasteiger partial charge in [0, 0.05) is 12.0 Å². The van der Waals surface area contributed by atoms with Crippen molar-refractivity contribution in [3.63, 3.8) is 0 Å². The van der Waals surface area contributed by atoms with Crippen molar-refractivity contribution in [3.8, 4) is 17.2 Å². The highest BCUT2D eigenvalue weighted by Crippen LogP contribution is 2.36. The van der Waals surface area contributed by atoms with E-state index in [1.165, 1.54) is 10.6 Å². The number of carboxylic acids is 1. The molecule has 0 radical (unpaired) electrons. The number of benzene rings is 1. The summed E-state index contributed by atoms with van der Waals surface area (Å²) in [6.45, 7) is 1.90. The molecule has 9 nitrogen and oxygen atoms in total. The number of aromatic carboxylic acids is 1. The SMILES string of the molecule is COc1cc([C@@H](O)[C@H](Cc2cc3c(OC4CC4)ccc(C(=O)O)n3n2)OC2CCCC2)cc(OC)c1C. The third-order valence-corrected chi connectivity index (χ3v) is 7.22. The predicted octanol–water partition coefficient (Wildman–Crippen LogP) is 4.50. The van der Waals surface area contributed by atoms with Crippen LogP contribution in [0.4, 0.5) is 0 Å². The smallest absolute Gasteiger partial charge is 0.354 e. The van der Waals surface area contributed by atoms with E-state index in [1.807, 2.05) is 13.0 Å². The molecule has 3 aromatic rings. The van der Waals surface area contributed by atoms with Gasteiger partial charge < -0.3 is 29.2 Å². The molecule has 2 N–H and O–H groups in total. The first-order valence-electron chi connectivity index (χ1n) is 12.9. The van der Waals surface area contributed by atoms with Crippen LogP contribution in [0.1, 0.15) is 71.9 Å². The normalized spacial score (nSPS) is 17.6. The Balaban J connectivity index is 1.50. The van der Waals surface area contributed by atoms with Crippen molar-refractivity contribution in [2.45, 2.75) is 76.3 Å². The zero-order valence-corrected chi connectivity index (χ0v) is 21.5. The molecular weight excluding hydrogens is 476 g/mol. The highest BCUT2D eigenvalue weighted by atomic mass is 16.5. The first-order valence-corrected chi connectivity index (χ1v) is 12.9. The second-order valence-electron chi connectivity index (χ2n) is 9.92. The van der Waals surface area contributed by atoms with Gasteiger partial charge in [0.15, 0.2) is 5.69 Å². The molecule has 0 spiro atoms. The van der Waals surface area contributed by atoms with Crippen molar-refractivity contribution in [1.82, 2.24) is 9.61 Å². The number of fused-ring (bicyclic) bond motifs is 1. The van der Waals surface area contributed by atoms with Crippen molar-refractivity contribution >= 4 is 11.5 Å². The zero-order valence-electron chi connectivity index (χ0n) is 21.5. The number of aromatic nitrogens is 2. The van der Waals surface area contributed by atoms with Gasteiger partial charge in [-0.15, -0.1) is 0 Å². The fourth-order valence-electron chi connectivity index (χ4n) is 5.03. The van der Waals surface area contributed by atoms with E-state index in [0.717, 1.165) is 44.1 Å². The number of methoxy groups -OCH3 is 2. The molecule has 2 heterocycles. The van der Waals surface area contributed by atoms with Gasteiger partial charge in [-0.25, -0.2) is 9.31 Å². The van der Waals surface area contributed by atoms with Crippen LogP contribution >= 0.6 is 0 Å². The van der Waals surface area contributed by atoms with Crippen LogP contribution in [0.25, 0.3) is 5.52 Å². The Bertz CT molecular complexity index is 1250. The van der Waals surface area contributed by atoms with Gasteiger partial charge in [0.05, 0.1) is 38.2 Å². The number of aliphatic hydroxyl groups is 1. The monoisotopic (exact) mass is 510 g/mol. The molecule has 2 fully saturated rings. The Morgan fingerprint density at radius 2 is 1.70 bits per heavy atom. The van der Waals surface area contributed by atoms with E-state index < -0.39 is 18.2 Å². The number of aliphatic hydroxyl groups excluding tert-OH is 1. The summed E-state index contributed by atoms with van der Waals surface area (Å²) in [5, 5.41) is 25.9. The number of hydrogen-bond acceptors (Lipinski definition) is 7. The minimum absolute atomic E-state index is 0.0474. The lowest BCUT2D eigenvalue weighted by molar-refractivity contribution is -0.0757. The Hall–Kier alpha value is -3.30. The van der Waals surface area contributed by atoms with E-state index in [-0.39, 0.29) is 17.9 Å². The maximum absolute atomic E-state index is 11.9. The highest BCUT2D eigenvalue weighted by Gasteiger charge is 2.30. The maximum atomic E-state index is 11.9. The first kappa shape index (κ1) is 25.4. The molecule has 0 saturated heterocycles.